The highest BCUT2D eigenvalue weighted by Gasteiger charge is 2.07. The minimum Gasteiger partial charge on any atom is -0.493 e. The highest BCUT2D eigenvalue weighted by Crippen LogP contribution is 2.30. The molecule has 7 heteroatoms. The normalized spacial score (nSPS) is 11.2. The average Bonchev–Trinajstić information content (AvgIpc) is 2.70. The van der Waals surface area contributed by atoms with E-state index < -0.39 is 0 Å². The van der Waals surface area contributed by atoms with E-state index in [2.05, 4.69) is 15.6 Å². The fourth-order valence-corrected chi connectivity index (χ4v) is 2.95. The molecule has 0 aliphatic carbocycles. The molecule has 2 rings (SSSR count). The molecule has 158 valence electrons. The summed E-state index contributed by atoms with van der Waals surface area (Å²) in [5, 5.41) is 6.55. The first-order valence-corrected chi connectivity index (χ1v) is 10.1. The second kappa shape index (κ2) is 11.8. The number of anilines is 1. The van der Waals surface area contributed by atoms with Crippen LogP contribution in [0.25, 0.3) is 0 Å². The molecular formula is C22H32N4O3. The molecule has 0 atom stereocenters. The van der Waals surface area contributed by atoms with Gasteiger partial charge in [-0.05, 0) is 51.8 Å². The number of rotatable bonds is 10. The van der Waals surface area contributed by atoms with Crippen LogP contribution in [0.4, 0.5) is 5.69 Å². The van der Waals surface area contributed by atoms with Crippen molar-refractivity contribution in [3.63, 3.8) is 0 Å². The third-order valence-corrected chi connectivity index (χ3v) is 4.40. The Morgan fingerprint density at radius 1 is 1.14 bits per heavy atom. The smallest absolute Gasteiger partial charge is 0.250 e. The maximum atomic E-state index is 11.9. The maximum Gasteiger partial charge on any atom is 0.250 e. The van der Waals surface area contributed by atoms with E-state index in [0.717, 1.165) is 30.8 Å². The number of benzene rings is 1. The molecular weight excluding hydrogens is 368 g/mol. The number of hydrogen-bond donors (Lipinski definition) is 2. The Hall–Kier alpha value is -2.96. The Bertz CT molecular complexity index is 861. The SMILES string of the molecule is CCNC(=NCCCCn1c(C)cccc1=O)Nc1ccc(OC)c(OCC)c1. The van der Waals surface area contributed by atoms with Gasteiger partial charge in [-0.2, -0.15) is 0 Å². The number of unbranched alkanes of at least 4 members (excludes halogenated alkanes) is 1. The van der Waals surface area contributed by atoms with Crippen molar-refractivity contribution in [2.24, 2.45) is 4.99 Å². The summed E-state index contributed by atoms with van der Waals surface area (Å²) in [6.45, 7) is 8.64. The number of aliphatic imine (C=N–C) groups is 1. The Morgan fingerprint density at radius 3 is 2.66 bits per heavy atom. The summed E-state index contributed by atoms with van der Waals surface area (Å²) in [5.74, 6) is 2.11. The predicted octanol–water partition coefficient (Wildman–Crippen LogP) is 3.42. The third-order valence-electron chi connectivity index (χ3n) is 4.40. The van der Waals surface area contributed by atoms with Crippen molar-refractivity contribution in [3.8, 4) is 11.5 Å². The van der Waals surface area contributed by atoms with Crippen LogP contribution in [-0.4, -0.2) is 37.3 Å². The van der Waals surface area contributed by atoms with E-state index in [0.29, 0.717) is 37.2 Å². The zero-order valence-corrected chi connectivity index (χ0v) is 17.8. The molecule has 1 aromatic heterocycles. The summed E-state index contributed by atoms with van der Waals surface area (Å²) in [4.78, 5) is 16.6. The van der Waals surface area contributed by atoms with Crippen LogP contribution in [0.2, 0.25) is 0 Å². The van der Waals surface area contributed by atoms with Crippen LogP contribution < -0.4 is 25.7 Å². The second-order valence-electron chi connectivity index (χ2n) is 6.55. The van der Waals surface area contributed by atoms with Crippen LogP contribution in [-0.2, 0) is 6.54 Å². The van der Waals surface area contributed by atoms with Gasteiger partial charge in [0, 0.05) is 43.1 Å². The topological polar surface area (TPSA) is 76.9 Å². The molecule has 0 fully saturated rings. The van der Waals surface area contributed by atoms with Crippen LogP contribution in [0.15, 0.2) is 46.2 Å². The van der Waals surface area contributed by atoms with Gasteiger partial charge < -0.3 is 24.7 Å². The molecule has 0 aliphatic rings. The van der Waals surface area contributed by atoms with E-state index >= 15 is 0 Å². The largest absolute Gasteiger partial charge is 0.493 e. The van der Waals surface area contributed by atoms with Gasteiger partial charge in [0.05, 0.1) is 13.7 Å². The summed E-state index contributed by atoms with van der Waals surface area (Å²) < 4.78 is 12.8. The van der Waals surface area contributed by atoms with Gasteiger partial charge in [-0.3, -0.25) is 9.79 Å². The lowest BCUT2D eigenvalue weighted by atomic mass is 10.2. The number of aromatic nitrogens is 1. The molecule has 7 nitrogen and oxygen atoms in total. The minimum absolute atomic E-state index is 0.0492. The second-order valence-corrected chi connectivity index (χ2v) is 6.55. The fraction of sp³-hybridized carbons (Fsp3) is 0.455. The standard InChI is InChI=1S/C22H32N4O3/c1-5-23-22(25-18-12-13-19(28-4)20(16-18)29-6-2)24-14-7-8-15-26-17(3)10-9-11-21(26)27/h9-13,16H,5-8,14-15H2,1-4H3,(H2,23,24,25). The Morgan fingerprint density at radius 2 is 1.97 bits per heavy atom. The summed E-state index contributed by atoms with van der Waals surface area (Å²) in [6.07, 6.45) is 1.79. The summed E-state index contributed by atoms with van der Waals surface area (Å²) in [7, 11) is 1.63. The minimum atomic E-state index is 0.0492. The van der Waals surface area contributed by atoms with Gasteiger partial charge in [-0.1, -0.05) is 6.07 Å². The quantitative estimate of drug-likeness (QED) is 0.363. The van der Waals surface area contributed by atoms with Gasteiger partial charge in [0.15, 0.2) is 17.5 Å². The summed E-state index contributed by atoms with van der Waals surface area (Å²) >= 11 is 0. The molecule has 2 aromatic rings. The average molecular weight is 401 g/mol. The zero-order valence-electron chi connectivity index (χ0n) is 17.8. The highest BCUT2D eigenvalue weighted by molar-refractivity contribution is 5.93. The first-order valence-electron chi connectivity index (χ1n) is 10.1. The van der Waals surface area contributed by atoms with E-state index in [4.69, 9.17) is 9.47 Å². The van der Waals surface area contributed by atoms with Crippen molar-refractivity contribution in [2.75, 3.05) is 32.1 Å². The number of pyridine rings is 1. The molecule has 0 bridgehead atoms. The number of ether oxygens (including phenoxy) is 2. The van der Waals surface area contributed by atoms with Gasteiger partial charge in [0.1, 0.15) is 0 Å². The first-order chi connectivity index (χ1) is 14.1. The lowest BCUT2D eigenvalue weighted by Crippen LogP contribution is -2.30. The molecule has 0 spiro atoms. The van der Waals surface area contributed by atoms with Crippen molar-refractivity contribution in [2.45, 2.75) is 40.2 Å². The predicted molar refractivity (Wildman–Crippen MR) is 118 cm³/mol. The van der Waals surface area contributed by atoms with Crippen LogP contribution in [0.5, 0.6) is 11.5 Å². The van der Waals surface area contributed by atoms with Gasteiger partial charge in [-0.25, -0.2) is 0 Å². The lowest BCUT2D eigenvalue weighted by Gasteiger charge is -2.14. The molecule has 0 saturated carbocycles. The van der Waals surface area contributed by atoms with Gasteiger partial charge >= 0.3 is 0 Å². The van der Waals surface area contributed by atoms with Gasteiger partial charge in [0.25, 0.3) is 5.56 Å². The number of nitrogens with zero attached hydrogens (tertiary/aromatic N) is 2. The highest BCUT2D eigenvalue weighted by atomic mass is 16.5. The van der Waals surface area contributed by atoms with E-state index in [9.17, 15) is 4.79 Å². The van der Waals surface area contributed by atoms with Crippen molar-refractivity contribution in [1.82, 2.24) is 9.88 Å². The third kappa shape index (κ3) is 6.85. The van der Waals surface area contributed by atoms with Crippen LogP contribution >= 0.6 is 0 Å². The number of aryl methyl sites for hydroxylation is 1. The number of hydrogen-bond acceptors (Lipinski definition) is 4. The van der Waals surface area contributed by atoms with Crippen LogP contribution in [0.1, 0.15) is 32.4 Å². The molecule has 2 N–H and O–H groups in total. The zero-order chi connectivity index (χ0) is 21.1. The van der Waals surface area contributed by atoms with Crippen molar-refractivity contribution in [1.29, 1.82) is 0 Å². The molecule has 0 aliphatic heterocycles. The maximum absolute atomic E-state index is 11.9. The van der Waals surface area contributed by atoms with Gasteiger partial charge in [0.2, 0.25) is 0 Å². The van der Waals surface area contributed by atoms with Crippen molar-refractivity contribution >= 4 is 11.6 Å². The molecule has 0 saturated heterocycles. The van der Waals surface area contributed by atoms with E-state index in [1.54, 1.807) is 23.8 Å². The summed E-state index contributed by atoms with van der Waals surface area (Å²) in [5.41, 5.74) is 1.91. The first kappa shape index (κ1) is 22.3. The van der Waals surface area contributed by atoms with E-state index in [1.165, 1.54) is 0 Å². The molecule has 0 amide bonds. The monoisotopic (exact) mass is 400 g/mol. The van der Waals surface area contributed by atoms with Gasteiger partial charge in [-0.15, -0.1) is 0 Å². The molecule has 0 unspecified atom stereocenters. The lowest BCUT2D eigenvalue weighted by molar-refractivity contribution is 0.311. The number of methoxy groups -OCH3 is 1. The number of guanidine groups is 1. The van der Waals surface area contributed by atoms with Crippen molar-refractivity contribution < 1.29 is 9.47 Å². The Labute approximate surface area is 172 Å². The van der Waals surface area contributed by atoms with Crippen molar-refractivity contribution in [3.05, 3.63) is 52.4 Å². The Kier molecular flexibility index (Phi) is 9.08. The molecule has 29 heavy (non-hydrogen) atoms. The molecule has 1 heterocycles. The Balaban J connectivity index is 1.94. The van der Waals surface area contributed by atoms with E-state index in [-0.39, 0.29) is 5.56 Å². The number of nitrogens with one attached hydrogen (secondary N) is 2. The molecule has 0 radical (unpaired) electrons. The molecule has 1 aromatic carbocycles. The van der Waals surface area contributed by atoms with Crippen LogP contribution in [0.3, 0.4) is 0 Å². The summed E-state index contributed by atoms with van der Waals surface area (Å²) in [6, 6.07) is 11.1. The fourth-order valence-electron chi connectivity index (χ4n) is 2.95. The van der Waals surface area contributed by atoms with Crippen LogP contribution in [0, 0.1) is 6.92 Å². The van der Waals surface area contributed by atoms with E-state index in [1.807, 2.05) is 45.0 Å².